The summed E-state index contributed by atoms with van der Waals surface area (Å²) in [7, 11) is -1.55. The molecule has 0 aromatic heterocycles. The molecule has 0 bridgehead atoms. The van der Waals surface area contributed by atoms with Crippen molar-refractivity contribution < 1.29 is 13.2 Å². The highest BCUT2D eigenvalue weighted by atomic mass is 32.2. The van der Waals surface area contributed by atoms with Crippen molar-refractivity contribution in [2.75, 3.05) is 26.7 Å². The first kappa shape index (κ1) is 14.8. The Bertz CT molecular complexity index is 603. The molecule has 116 valence electrons. The lowest BCUT2D eigenvalue weighted by Gasteiger charge is -2.17. The van der Waals surface area contributed by atoms with E-state index in [9.17, 15) is 8.42 Å². The summed E-state index contributed by atoms with van der Waals surface area (Å²) in [5.41, 5.74) is 0.979. The maximum absolute atomic E-state index is 12.7. The molecule has 2 fully saturated rings. The largest absolute Gasteiger partial charge is 0.497 e. The van der Waals surface area contributed by atoms with Crippen LogP contribution in [0.3, 0.4) is 0 Å². The number of hydrogen-bond acceptors (Lipinski definition) is 4. The lowest BCUT2D eigenvalue weighted by atomic mass is 10.0. The molecular weight excluding hydrogens is 288 g/mol. The highest BCUT2D eigenvalue weighted by Crippen LogP contribution is 2.34. The fourth-order valence-electron chi connectivity index (χ4n) is 3.37. The van der Waals surface area contributed by atoms with Gasteiger partial charge in [0.15, 0.2) is 0 Å². The van der Waals surface area contributed by atoms with Gasteiger partial charge in [0.1, 0.15) is 5.75 Å². The number of ether oxygens (including phenoxy) is 1. The van der Waals surface area contributed by atoms with Gasteiger partial charge in [-0.25, -0.2) is 8.42 Å². The molecule has 1 aromatic rings. The maximum atomic E-state index is 12.7. The smallest absolute Gasteiger partial charge is 0.217 e. The monoisotopic (exact) mass is 310 g/mol. The van der Waals surface area contributed by atoms with Gasteiger partial charge in [0.25, 0.3) is 0 Å². The lowest BCUT2D eigenvalue weighted by molar-refractivity contribution is 0.378. The van der Waals surface area contributed by atoms with Crippen LogP contribution >= 0.6 is 0 Å². The van der Waals surface area contributed by atoms with Crippen LogP contribution < -0.4 is 10.1 Å². The van der Waals surface area contributed by atoms with Crippen LogP contribution in [0.15, 0.2) is 24.3 Å². The Morgan fingerprint density at radius 3 is 2.95 bits per heavy atom. The van der Waals surface area contributed by atoms with Gasteiger partial charge in [0.2, 0.25) is 10.0 Å². The number of fused-ring (bicyclic) bond motifs is 1. The van der Waals surface area contributed by atoms with Gasteiger partial charge in [-0.05, 0) is 49.5 Å². The van der Waals surface area contributed by atoms with Crippen molar-refractivity contribution in [1.82, 2.24) is 9.62 Å². The molecule has 0 saturated carbocycles. The van der Waals surface area contributed by atoms with E-state index in [1.807, 2.05) is 24.3 Å². The molecule has 1 aromatic carbocycles. The second-order valence-electron chi connectivity index (χ2n) is 5.81. The molecule has 2 saturated heterocycles. The second-order valence-corrected chi connectivity index (χ2v) is 7.97. The van der Waals surface area contributed by atoms with Gasteiger partial charge in [0.05, 0.1) is 12.4 Å². The van der Waals surface area contributed by atoms with E-state index in [2.05, 4.69) is 5.32 Å². The van der Waals surface area contributed by atoms with E-state index in [0.717, 1.165) is 37.2 Å². The van der Waals surface area contributed by atoms with Crippen LogP contribution in [0.2, 0.25) is 0 Å². The van der Waals surface area contributed by atoms with E-state index < -0.39 is 10.0 Å². The molecule has 6 heteroatoms. The molecule has 2 aliphatic rings. The van der Waals surface area contributed by atoms with Gasteiger partial charge in [-0.15, -0.1) is 0 Å². The molecule has 2 aliphatic heterocycles. The zero-order valence-corrected chi connectivity index (χ0v) is 13.1. The summed E-state index contributed by atoms with van der Waals surface area (Å²) in [4.78, 5) is 0. The molecule has 0 amide bonds. The maximum Gasteiger partial charge on any atom is 0.217 e. The molecular formula is C15H22N2O3S. The molecule has 0 aliphatic carbocycles. The van der Waals surface area contributed by atoms with Gasteiger partial charge >= 0.3 is 0 Å². The van der Waals surface area contributed by atoms with Gasteiger partial charge in [-0.1, -0.05) is 12.1 Å². The van der Waals surface area contributed by atoms with E-state index in [4.69, 9.17) is 4.74 Å². The van der Waals surface area contributed by atoms with Crippen LogP contribution in [0.5, 0.6) is 5.75 Å². The number of hydrogen-bond donors (Lipinski definition) is 1. The minimum atomic E-state index is -3.18. The van der Waals surface area contributed by atoms with Crippen molar-refractivity contribution in [3.63, 3.8) is 0 Å². The molecule has 0 spiro atoms. The number of methoxy groups -OCH3 is 1. The van der Waals surface area contributed by atoms with Crippen molar-refractivity contribution in [3.05, 3.63) is 29.8 Å². The summed E-state index contributed by atoms with van der Waals surface area (Å²) < 4.78 is 32.3. The summed E-state index contributed by atoms with van der Waals surface area (Å²) >= 11 is 0. The van der Waals surface area contributed by atoms with E-state index in [-0.39, 0.29) is 11.2 Å². The van der Waals surface area contributed by atoms with Gasteiger partial charge < -0.3 is 10.1 Å². The fraction of sp³-hybridized carbons (Fsp3) is 0.600. The minimum Gasteiger partial charge on any atom is -0.497 e. The summed E-state index contributed by atoms with van der Waals surface area (Å²) in [6.07, 6.45) is 1.67. The van der Waals surface area contributed by atoms with Crippen LogP contribution in [0.1, 0.15) is 18.4 Å². The van der Waals surface area contributed by atoms with E-state index >= 15 is 0 Å². The predicted octanol–water partition coefficient (Wildman–Crippen LogP) is 1.21. The van der Waals surface area contributed by atoms with Crippen molar-refractivity contribution in [1.29, 1.82) is 0 Å². The van der Waals surface area contributed by atoms with Crippen molar-refractivity contribution in [3.8, 4) is 5.75 Å². The zero-order valence-electron chi connectivity index (χ0n) is 12.3. The highest BCUT2D eigenvalue weighted by Gasteiger charge is 2.45. The molecule has 3 rings (SSSR count). The number of sulfonamides is 1. The average molecular weight is 310 g/mol. The summed E-state index contributed by atoms with van der Waals surface area (Å²) in [6, 6.07) is 7.63. The number of nitrogens with zero attached hydrogens (tertiary/aromatic N) is 1. The van der Waals surface area contributed by atoms with Gasteiger partial charge in [0, 0.05) is 13.1 Å². The van der Waals surface area contributed by atoms with Crippen LogP contribution in [0, 0.1) is 5.92 Å². The third-order valence-electron chi connectivity index (χ3n) is 4.50. The van der Waals surface area contributed by atoms with Gasteiger partial charge in [-0.2, -0.15) is 4.31 Å². The zero-order chi connectivity index (χ0) is 14.9. The average Bonchev–Trinajstić information content (AvgIpc) is 2.65. The Balaban J connectivity index is 1.79. The normalized spacial score (nSPS) is 28.8. The van der Waals surface area contributed by atoms with E-state index in [1.165, 1.54) is 0 Å². The molecule has 2 heterocycles. The van der Waals surface area contributed by atoms with Crippen molar-refractivity contribution in [2.24, 2.45) is 5.92 Å². The molecule has 5 nitrogen and oxygen atoms in total. The second kappa shape index (κ2) is 5.94. The SMILES string of the molecule is COc1cccc(CN2C[C@H]3CCNCC[C@H]3S2(=O)=O)c1. The minimum absolute atomic E-state index is 0.210. The van der Waals surface area contributed by atoms with Gasteiger partial charge in [-0.3, -0.25) is 0 Å². The number of benzene rings is 1. The number of rotatable bonds is 3. The Hall–Kier alpha value is -1.11. The molecule has 0 radical (unpaired) electrons. The lowest BCUT2D eigenvalue weighted by Crippen LogP contribution is -2.30. The first-order valence-corrected chi connectivity index (χ1v) is 8.94. The van der Waals surface area contributed by atoms with E-state index in [0.29, 0.717) is 13.1 Å². The highest BCUT2D eigenvalue weighted by molar-refractivity contribution is 7.90. The molecule has 2 atom stereocenters. The predicted molar refractivity (Wildman–Crippen MR) is 81.7 cm³/mol. The Labute approximate surface area is 126 Å². The van der Waals surface area contributed by atoms with Crippen LogP contribution in [-0.4, -0.2) is 44.7 Å². The standard InChI is InChI=1S/C15H22N2O3S/c1-20-14-4-2-3-12(9-14)10-17-11-13-5-7-16-8-6-15(13)21(17,18)19/h2-4,9,13,15-16H,5-8,10-11H2,1H3/t13-,15-/m1/s1. The molecule has 0 unspecified atom stereocenters. The summed E-state index contributed by atoms with van der Waals surface area (Å²) in [5.74, 6) is 1.03. The summed E-state index contributed by atoms with van der Waals surface area (Å²) in [5, 5.41) is 3.08. The fourth-order valence-corrected chi connectivity index (χ4v) is 5.60. The first-order chi connectivity index (χ1) is 10.1. The van der Waals surface area contributed by atoms with Crippen LogP contribution in [-0.2, 0) is 16.6 Å². The topological polar surface area (TPSA) is 58.6 Å². The molecule has 1 N–H and O–H groups in total. The Morgan fingerprint density at radius 1 is 1.33 bits per heavy atom. The molecule has 21 heavy (non-hydrogen) atoms. The Morgan fingerprint density at radius 2 is 2.14 bits per heavy atom. The summed E-state index contributed by atoms with van der Waals surface area (Å²) in [6.45, 7) is 2.81. The third-order valence-corrected chi connectivity index (χ3v) is 6.88. The third kappa shape index (κ3) is 2.93. The van der Waals surface area contributed by atoms with E-state index in [1.54, 1.807) is 11.4 Å². The quantitative estimate of drug-likeness (QED) is 0.912. The van der Waals surface area contributed by atoms with Crippen molar-refractivity contribution >= 4 is 10.0 Å². The van der Waals surface area contributed by atoms with Crippen LogP contribution in [0.25, 0.3) is 0 Å². The number of nitrogens with one attached hydrogen (secondary N) is 1. The van der Waals surface area contributed by atoms with Crippen molar-refractivity contribution in [2.45, 2.75) is 24.6 Å². The van der Waals surface area contributed by atoms with Crippen LogP contribution in [0.4, 0.5) is 0 Å². The Kier molecular flexibility index (Phi) is 4.19. The first-order valence-electron chi connectivity index (χ1n) is 7.44.